The quantitative estimate of drug-likeness (QED) is 0.864. The third-order valence-electron chi connectivity index (χ3n) is 3.71. The first-order valence-corrected chi connectivity index (χ1v) is 6.57. The van der Waals surface area contributed by atoms with Crippen molar-refractivity contribution in [1.82, 2.24) is 14.5 Å². The molecule has 0 saturated carbocycles. The van der Waals surface area contributed by atoms with E-state index in [9.17, 15) is 0 Å². The van der Waals surface area contributed by atoms with Crippen LogP contribution in [0.2, 0.25) is 0 Å². The predicted octanol–water partition coefficient (Wildman–Crippen LogP) is 1.63. The Morgan fingerprint density at radius 3 is 2.82 bits per heavy atom. The number of hydrogen-bond acceptors (Lipinski definition) is 3. The Hall–Kier alpha value is -0.870. The third kappa shape index (κ3) is 2.87. The first-order valence-electron chi connectivity index (χ1n) is 6.57. The van der Waals surface area contributed by atoms with Gasteiger partial charge in [0.05, 0.1) is 12.0 Å². The molecule has 0 bridgehead atoms. The summed E-state index contributed by atoms with van der Waals surface area (Å²) in [5.41, 5.74) is 7.08. The van der Waals surface area contributed by atoms with Crippen LogP contribution in [0, 0.1) is 5.92 Å². The zero-order valence-corrected chi connectivity index (χ0v) is 11.1. The minimum atomic E-state index is 0.0695. The third-order valence-corrected chi connectivity index (χ3v) is 3.71. The maximum absolute atomic E-state index is 5.94. The molecule has 2 unspecified atom stereocenters. The molecular weight excluding hydrogens is 212 g/mol. The van der Waals surface area contributed by atoms with Gasteiger partial charge in [0.25, 0.3) is 0 Å². The first-order chi connectivity index (χ1) is 8.08. The lowest BCUT2D eigenvalue weighted by atomic mass is 10.1. The summed E-state index contributed by atoms with van der Waals surface area (Å²) in [5.74, 6) is 0.740. The molecule has 1 aromatic rings. The lowest BCUT2D eigenvalue weighted by Crippen LogP contribution is -2.29. The molecule has 1 aliphatic heterocycles. The topological polar surface area (TPSA) is 47.1 Å². The van der Waals surface area contributed by atoms with Gasteiger partial charge in [-0.1, -0.05) is 0 Å². The Morgan fingerprint density at radius 2 is 2.24 bits per heavy atom. The van der Waals surface area contributed by atoms with Crippen LogP contribution in [0.5, 0.6) is 0 Å². The smallest absolute Gasteiger partial charge is 0.0948 e. The zero-order chi connectivity index (χ0) is 12.4. The van der Waals surface area contributed by atoms with Crippen molar-refractivity contribution in [3.63, 3.8) is 0 Å². The number of imidazole rings is 1. The summed E-state index contributed by atoms with van der Waals surface area (Å²) >= 11 is 0. The molecule has 1 aliphatic rings. The summed E-state index contributed by atoms with van der Waals surface area (Å²) in [4.78, 5) is 6.76. The first kappa shape index (κ1) is 12.6. The Labute approximate surface area is 104 Å². The van der Waals surface area contributed by atoms with E-state index in [1.807, 2.05) is 19.4 Å². The summed E-state index contributed by atoms with van der Waals surface area (Å²) in [5, 5.41) is 0. The number of nitrogens with two attached hydrogens (primary N) is 1. The molecule has 1 saturated heterocycles. The average molecular weight is 236 g/mol. The van der Waals surface area contributed by atoms with Crippen molar-refractivity contribution >= 4 is 0 Å². The lowest BCUT2D eigenvalue weighted by molar-refractivity contribution is 0.260. The van der Waals surface area contributed by atoms with E-state index in [1.54, 1.807) is 0 Å². The standard InChI is InChI=1S/C13H24N4/c1-10(2)16-5-4-12(7-16)8-17-9-15-6-13(17)11(3)14/h6,9-12H,4-5,7-8,14H2,1-3H3. The Balaban J connectivity index is 1.96. The second kappa shape index (κ2) is 5.19. The van der Waals surface area contributed by atoms with Gasteiger partial charge in [-0.2, -0.15) is 0 Å². The largest absolute Gasteiger partial charge is 0.333 e. The minimum absolute atomic E-state index is 0.0695. The second-order valence-electron chi connectivity index (χ2n) is 5.50. The van der Waals surface area contributed by atoms with E-state index in [0.717, 1.165) is 18.2 Å². The average Bonchev–Trinajstić information content (AvgIpc) is 2.86. The fraction of sp³-hybridized carbons (Fsp3) is 0.769. The number of hydrogen-bond donors (Lipinski definition) is 1. The van der Waals surface area contributed by atoms with E-state index < -0.39 is 0 Å². The van der Waals surface area contributed by atoms with Gasteiger partial charge in [0.1, 0.15) is 0 Å². The van der Waals surface area contributed by atoms with Crippen LogP contribution < -0.4 is 5.73 Å². The van der Waals surface area contributed by atoms with E-state index in [2.05, 4.69) is 28.3 Å². The van der Waals surface area contributed by atoms with Crippen molar-refractivity contribution in [1.29, 1.82) is 0 Å². The van der Waals surface area contributed by atoms with Crippen molar-refractivity contribution < 1.29 is 0 Å². The van der Waals surface area contributed by atoms with E-state index >= 15 is 0 Å². The van der Waals surface area contributed by atoms with Crippen LogP contribution in [0.3, 0.4) is 0 Å². The van der Waals surface area contributed by atoms with Gasteiger partial charge in [-0.05, 0) is 39.7 Å². The van der Waals surface area contributed by atoms with Crippen molar-refractivity contribution in [2.75, 3.05) is 13.1 Å². The van der Waals surface area contributed by atoms with Gasteiger partial charge in [0.2, 0.25) is 0 Å². The molecule has 1 fully saturated rings. The van der Waals surface area contributed by atoms with E-state index in [0.29, 0.717) is 6.04 Å². The van der Waals surface area contributed by atoms with Gasteiger partial charge in [0.15, 0.2) is 0 Å². The van der Waals surface area contributed by atoms with Crippen LogP contribution in [-0.2, 0) is 6.54 Å². The molecular formula is C13H24N4. The highest BCUT2D eigenvalue weighted by Crippen LogP contribution is 2.21. The number of likely N-dealkylation sites (tertiary alicyclic amines) is 1. The van der Waals surface area contributed by atoms with E-state index in [4.69, 9.17) is 5.73 Å². The van der Waals surface area contributed by atoms with E-state index in [1.165, 1.54) is 19.5 Å². The van der Waals surface area contributed by atoms with Crippen molar-refractivity contribution in [3.8, 4) is 0 Å². The summed E-state index contributed by atoms with van der Waals surface area (Å²) in [6, 6.07) is 0.732. The van der Waals surface area contributed by atoms with E-state index in [-0.39, 0.29) is 6.04 Å². The van der Waals surface area contributed by atoms with Gasteiger partial charge in [-0.15, -0.1) is 0 Å². The van der Waals surface area contributed by atoms with Gasteiger partial charge >= 0.3 is 0 Å². The van der Waals surface area contributed by atoms with Crippen LogP contribution >= 0.6 is 0 Å². The number of aromatic nitrogens is 2. The molecule has 1 aromatic heterocycles. The fourth-order valence-electron chi connectivity index (χ4n) is 2.62. The summed E-state index contributed by atoms with van der Waals surface area (Å²) < 4.78 is 2.22. The molecule has 4 nitrogen and oxygen atoms in total. The van der Waals surface area contributed by atoms with Gasteiger partial charge in [-0.25, -0.2) is 4.98 Å². The minimum Gasteiger partial charge on any atom is -0.333 e. The second-order valence-corrected chi connectivity index (χ2v) is 5.50. The van der Waals surface area contributed by atoms with Crippen molar-refractivity contribution in [2.24, 2.45) is 11.7 Å². The SMILES string of the molecule is CC(N)c1cncn1CC1CCN(C(C)C)C1. The Bertz CT molecular complexity index is 356. The van der Waals surface area contributed by atoms with Gasteiger partial charge < -0.3 is 15.2 Å². The molecule has 0 spiro atoms. The summed E-state index contributed by atoms with van der Waals surface area (Å²) in [6.45, 7) is 10.0. The Kier molecular flexibility index (Phi) is 3.84. The monoisotopic (exact) mass is 236 g/mol. The number of nitrogens with zero attached hydrogens (tertiary/aromatic N) is 3. The number of rotatable bonds is 4. The predicted molar refractivity (Wildman–Crippen MR) is 69.6 cm³/mol. The molecule has 96 valence electrons. The highest BCUT2D eigenvalue weighted by molar-refractivity contribution is 5.03. The highest BCUT2D eigenvalue weighted by atomic mass is 15.2. The van der Waals surface area contributed by atoms with Crippen LogP contribution in [-0.4, -0.2) is 33.6 Å². The van der Waals surface area contributed by atoms with Crippen molar-refractivity contribution in [3.05, 3.63) is 18.2 Å². The lowest BCUT2D eigenvalue weighted by Gasteiger charge is -2.20. The normalized spacial score (nSPS) is 23.5. The maximum atomic E-state index is 5.94. The molecule has 2 heterocycles. The molecule has 2 atom stereocenters. The molecule has 0 amide bonds. The van der Waals surface area contributed by atoms with Crippen LogP contribution in [0.15, 0.2) is 12.5 Å². The van der Waals surface area contributed by atoms with Crippen LogP contribution in [0.4, 0.5) is 0 Å². The van der Waals surface area contributed by atoms with Gasteiger partial charge in [0, 0.05) is 31.4 Å². The van der Waals surface area contributed by atoms with Crippen LogP contribution in [0.1, 0.15) is 38.9 Å². The molecule has 2 rings (SSSR count). The fourth-order valence-corrected chi connectivity index (χ4v) is 2.62. The highest BCUT2D eigenvalue weighted by Gasteiger charge is 2.24. The molecule has 2 N–H and O–H groups in total. The molecule has 0 aliphatic carbocycles. The van der Waals surface area contributed by atoms with Crippen molar-refractivity contribution in [2.45, 2.75) is 45.8 Å². The summed E-state index contributed by atoms with van der Waals surface area (Å²) in [6.07, 6.45) is 5.09. The van der Waals surface area contributed by atoms with Gasteiger partial charge in [-0.3, -0.25) is 0 Å². The zero-order valence-electron chi connectivity index (χ0n) is 11.1. The molecule has 0 aromatic carbocycles. The molecule has 0 radical (unpaired) electrons. The van der Waals surface area contributed by atoms with Crippen LogP contribution in [0.25, 0.3) is 0 Å². The molecule has 4 heteroatoms. The Morgan fingerprint density at radius 1 is 1.47 bits per heavy atom. The maximum Gasteiger partial charge on any atom is 0.0948 e. The summed E-state index contributed by atoms with van der Waals surface area (Å²) in [7, 11) is 0. The molecule has 17 heavy (non-hydrogen) atoms.